The molecule has 0 aliphatic carbocycles. The first kappa shape index (κ1) is 13.3. The van der Waals surface area contributed by atoms with Gasteiger partial charge < -0.3 is 10.5 Å². The van der Waals surface area contributed by atoms with Crippen LogP contribution in [0.1, 0.15) is 19.4 Å². The summed E-state index contributed by atoms with van der Waals surface area (Å²) < 4.78 is 7.26. The summed E-state index contributed by atoms with van der Waals surface area (Å²) in [5.41, 5.74) is 7.39. The van der Waals surface area contributed by atoms with Crippen molar-refractivity contribution in [1.82, 2.24) is 20.2 Å². The van der Waals surface area contributed by atoms with E-state index in [0.717, 1.165) is 25.2 Å². The number of aromatic nitrogens is 4. The molecule has 1 aromatic carbocycles. The predicted molar refractivity (Wildman–Crippen MR) is 76.3 cm³/mol. The number of halogens is 1. The fourth-order valence-corrected chi connectivity index (χ4v) is 2.70. The van der Waals surface area contributed by atoms with E-state index in [1.54, 1.807) is 12.1 Å². The lowest BCUT2D eigenvalue weighted by Crippen LogP contribution is -2.19. The third-order valence-electron chi connectivity index (χ3n) is 3.78. The molecule has 106 valence electrons. The maximum Gasteiger partial charge on any atom is 0.184 e. The fourth-order valence-electron chi connectivity index (χ4n) is 2.52. The molecule has 0 bridgehead atoms. The van der Waals surface area contributed by atoms with Crippen LogP contribution in [-0.4, -0.2) is 33.4 Å². The zero-order valence-corrected chi connectivity index (χ0v) is 11.9. The van der Waals surface area contributed by atoms with Gasteiger partial charge in [-0.1, -0.05) is 11.6 Å². The van der Waals surface area contributed by atoms with Crippen molar-refractivity contribution in [2.45, 2.75) is 19.4 Å². The number of nitrogens with two attached hydrogens (primary N) is 1. The highest BCUT2D eigenvalue weighted by molar-refractivity contribution is 6.31. The molecule has 2 heterocycles. The molecule has 20 heavy (non-hydrogen) atoms. The first-order valence-corrected chi connectivity index (χ1v) is 6.95. The normalized spacial score (nSPS) is 20.2. The summed E-state index contributed by atoms with van der Waals surface area (Å²) in [4.78, 5) is 0. The number of anilines is 1. The van der Waals surface area contributed by atoms with Gasteiger partial charge in [-0.3, -0.25) is 0 Å². The van der Waals surface area contributed by atoms with E-state index in [1.807, 2.05) is 10.7 Å². The molecule has 1 saturated heterocycles. The van der Waals surface area contributed by atoms with Crippen LogP contribution in [0.3, 0.4) is 0 Å². The molecule has 7 heteroatoms. The number of nitrogens with zero attached hydrogens (tertiary/aromatic N) is 4. The standard InChI is InChI=1S/C13H16ClN5O/c1-8(9-4-5-20-7-9)19-13(16-17-18-19)11-3-2-10(14)6-12(11)15/h2-3,6,8-9H,4-5,7,15H2,1H3. The second-order valence-electron chi connectivity index (χ2n) is 5.04. The summed E-state index contributed by atoms with van der Waals surface area (Å²) in [5.74, 6) is 1.09. The molecular formula is C13H16ClN5O. The van der Waals surface area contributed by atoms with E-state index in [9.17, 15) is 0 Å². The van der Waals surface area contributed by atoms with Crippen molar-refractivity contribution in [2.75, 3.05) is 18.9 Å². The lowest BCUT2D eigenvalue weighted by molar-refractivity contribution is 0.173. The van der Waals surface area contributed by atoms with E-state index in [0.29, 0.717) is 22.5 Å². The van der Waals surface area contributed by atoms with E-state index >= 15 is 0 Å². The molecular weight excluding hydrogens is 278 g/mol. The van der Waals surface area contributed by atoms with Gasteiger partial charge in [-0.2, -0.15) is 0 Å². The Kier molecular flexibility index (Phi) is 3.58. The zero-order valence-electron chi connectivity index (χ0n) is 11.2. The van der Waals surface area contributed by atoms with Crippen LogP contribution in [0.5, 0.6) is 0 Å². The minimum atomic E-state index is 0.164. The zero-order chi connectivity index (χ0) is 14.1. The van der Waals surface area contributed by atoms with Crippen LogP contribution in [0.2, 0.25) is 5.02 Å². The third-order valence-corrected chi connectivity index (χ3v) is 4.02. The SMILES string of the molecule is CC(C1CCOC1)n1nnnc1-c1ccc(Cl)cc1N. The summed E-state index contributed by atoms with van der Waals surface area (Å²) in [6.07, 6.45) is 1.02. The minimum Gasteiger partial charge on any atom is -0.398 e. The highest BCUT2D eigenvalue weighted by Gasteiger charge is 2.27. The van der Waals surface area contributed by atoms with Crippen LogP contribution in [0.4, 0.5) is 5.69 Å². The Morgan fingerprint density at radius 2 is 2.35 bits per heavy atom. The maximum atomic E-state index is 6.02. The molecule has 2 unspecified atom stereocenters. The van der Waals surface area contributed by atoms with Gasteiger partial charge in [0, 0.05) is 28.8 Å². The molecule has 0 amide bonds. The fraction of sp³-hybridized carbons (Fsp3) is 0.462. The molecule has 1 aromatic heterocycles. The topological polar surface area (TPSA) is 78.8 Å². The van der Waals surface area contributed by atoms with Crippen molar-refractivity contribution in [3.05, 3.63) is 23.2 Å². The predicted octanol–water partition coefficient (Wildman–Crippen LogP) is 2.17. The van der Waals surface area contributed by atoms with Crippen molar-refractivity contribution in [1.29, 1.82) is 0 Å². The Labute approximate surface area is 121 Å². The van der Waals surface area contributed by atoms with Crippen molar-refractivity contribution >= 4 is 17.3 Å². The molecule has 2 N–H and O–H groups in total. The van der Waals surface area contributed by atoms with Gasteiger partial charge in [0.2, 0.25) is 0 Å². The number of tetrazole rings is 1. The second-order valence-corrected chi connectivity index (χ2v) is 5.48. The average molecular weight is 294 g/mol. The lowest BCUT2D eigenvalue weighted by Gasteiger charge is -2.19. The van der Waals surface area contributed by atoms with Crippen molar-refractivity contribution < 1.29 is 4.74 Å². The van der Waals surface area contributed by atoms with Crippen LogP contribution in [0, 0.1) is 5.92 Å². The van der Waals surface area contributed by atoms with Gasteiger partial charge in [0.1, 0.15) is 0 Å². The third kappa shape index (κ3) is 2.36. The first-order chi connectivity index (χ1) is 9.66. The molecule has 1 aliphatic heterocycles. The van der Waals surface area contributed by atoms with E-state index in [1.165, 1.54) is 0 Å². The van der Waals surface area contributed by atoms with Crippen molar-refractivity contribution in [3.63, 3.8) is 0 Å². The summed E-state index contributed by atoms with van der Waals surface area (Å²) in [6.45, 7) is 3.65. The largest absolute Gasteiger partial charge is 0.398 e. The van der Waals surface area contributed by atoms with E-state index in [2.05, 4.69) is 22.4 Å². The van der Waals surface area contributed by atoms with Gasteiger partial charge in [-0.15, -0.1) is 5.10 Å². The average Bonchev–Trinajstić information content (AvgIpc) is 3.09. The quantitative estimate of drug-likeness (QED) is 0.878. The number of rotatable bonds is 3. The summed E-state index contributed by atoms with van der Waals surface area (Å²) in [6, 6.07) is 5.50. The summed E-state index contributed by atoms with van der Waals surface area (Å²) in [5, 5.41) is 12.6. The van der Waals surface area contributed by atoms with Crippen molar-refractivity contribution in [3.8, 4) is 11.4 Å². The highest BCUT2D eigenvalue weighted by Crippen LogP contribution is 2.31. The van der Waals surface area contributed by atoms with E-state index in [4.69, 9.17) is 22.1 Å². The lowest BCUT2D eigenvalue weighted by atomic mass is 10.0. The molecule has 6 nitrogen and oxygen atoms in total. The Bertz CT molecular complexity index is 609. The van der Waals surface area contributed by atoms with Crippen LogP contribution in [0.25, 0.3) is 11.4 Å². The van der Waals surface area contributed by atoms with Crippen LogP contribution >= 0.6 is 11.6 Å². The van der Waals surface area contributed by atoms with E-state index < -0.39 is 0 Å². The number of hydrogen-bond donors (Lipinski definition) is 1. The molecule has 3 rings (SSSR count). The molecule has 0 radical (unpaired) electrons. The number of benzene rings is 1. The smallest absolute Gasteiger partial charge is 0.184 e. The Balaban J connectivity index is 1.97. The van der Waals surface area contributed by atoms with E-state index in [-0.39, 0.29) is 6.04 Å². The minimum absolute atomic E-state index is 0.164. The molecule has 2 aromatic rings. The monoisotopic (exact) mass is 293 g/mol. The molecule has 0 spiro atoms. The molecule has 2 atom stereocenters. The van der Waals surface area contributed by atoms with Gasteiger partial charge in [0.25, 0.3) is 0 Å². The highest BCUT2D eigenvalue weighted by atomic mass is 35.5. The number of ether oxygens (including phenoxy) is 1. The van der Waals surface area contributed by atoms with Gasteiger partial charge in [-0.05, 0) is 42.0 Å². The van der Waals surface area contributed by atoms with Gasteiger partial charge >= 0.3 is 0 Å². The number of nitrogen functional groups attached to an aromatic ring is 1. The van der Waals surface area contributed by atoms with Crippen LogP contribution < -0.4 is 5.73 Å². The molecule has 1 fully saturated rings. The van der Waals surface area contributed by atoms with Crippen LogP contribution in [0.15, 0.2) is 18.2 Å². The number of hydrogen-bond acceptors (Lipinski definition) is 5. The molecule has 0 saturated carbocycles. The van der Waals surface area contributed by atoms with Crippen LogP contribution in [-0.2, 0) is 4.74 Å². The van der Waals surface area contributed by atoms with Gasteiger partial charge in [0.15, 0.2) is 5.82 Å². The maximum absolute atomic E-state index is 6.02. The Morgan fingerprint density at radius 1 is 1.50 bits per heavy atom. The summed E-state index contributed by atoms with van der Waals surface area (Å²) >= 11 is 5.93. The Hall–Kier alpha value is -1.66. The van der Waals surface area contributed by atoms with Gasteiger partial charge in [0.05, 0.1) is 12.6 Å². The van der Waals surface area contributed by atoms with Gasteiger partial charge in [-0.25, -0.2) is 4.68 Å². The first-order valence-electron chi connectivity index (χ1n) is 6.58. The Morgan fingerprint density at radius 3 is 3.05 bits per heavy atom. The summed E-state index contributed by atoms with van der Waals surface area (Å²) in [7, 11) is 0. The van der Waals surface area contributed by atoms with Crippen molar-refractivity contribution in [2.24, 2.45) is 5.92 Å². The molecule has 1 aliphatic rings. The second kappa shape index (κ2) is 5.38.